The molecular formula is C17H18N4O2S. The second kappa shape index (κ2) is 6.52. The molecular weight excluding hydrogens is 324 g/mol. The Bertz CT molecular complexity index is 882. The second-order valence-corrected chi connectivity index (χ2v) is 6.98. The van der Waals surface area contributed by atoms with Crippen LogP contribution in [0.4, 0.5) is 0 Å². The van der Waals surface area contributed by atoms with Crippen molar-refractivity contribution in [2.24, 2.45) is 0 Å². The molecule has 3 aromatic rings. The molecule has 0 aliphatic heterocycles. The van der Waals surface area contributed by atoms with Crippen molar-refractivity contribution in [2.45, 2.75) is 33.7 Å². The van der Waals surface area contributed by atoms with Gasteiger partial charge in [-0.1, -0.05) is 17.3 Å². The molecule has 2 aromatic heterocycles. The first-order valence-corrected chi connectivity index (χ1v) is 8.45. The van der Waals surface area contributed by atoms with Gasteiger partial charge in [0.1, 0.15) is 4.88 Å². The number of carbonyl (C=O) groups is 1. The smallest absolute Gasteiger partial charge is 0.270 e. The first-order chi connectivity index (χ1) is 11.4. The van der Waals surface area contributed by atoms with Crippen molar-refractivity contribution in [3.63, 3.8) is 0 Å². The molecule has 0 atom stereocenters. The Labute approximate surface area is 143 Å². The van der Waals surface area contributed by atoms with E-state index < -0.39 is 0 Å². The molecule has 3 rings (SSSR count). The number of aromatic nitrogens is 3. The highest BCUT2D eigenvalue weighted by Gasteiger charge is 2.17. The summed E-state index contributed by atoms with van der Waals surface area (Å²) in [6.07, 6.45) is 0. The van der Waals surface area contributed by atoms with E-state index in [4.69, 9.17) is 4.52 Å². The topological polar surface area (TPSA) is 80.9 Å². The van der Waals surface area contributed by atoms with E-state index in [0.29, 0.717) is 17.3 Å². The van der Waals surface area contributed by atoms with Crippen LogP contribution >= 0.6 is 11.3 Å². The van der Waals surface area contributed by atoms with Crippen LogP contribution in [0.15, 0.2) is 28.8 Å². The Morgan fingerprint density at radius 1 is 1.25 bits per heavy atom. The van der Waals surface area contributed by atoms with Crippen LogP contribution in [-0.2, 0) is 0 Å². The summed E-state index contributed by atoms with van der Waals surface area (Å²) in [7, 11) is 0. The number of hydrogen-bond acceptors (Lipinski definition) is 6. The summed E-state index contributed by atoms with van der Waals surface area (Å²) in [5, 5.41) is 7.86. The lowest BCUT2D eigenvalue weighted by Gasteiger charge is -2.08. The number of amides is 1. The third kappa shape index (κ3) is 3.35. The molecule has 0 bridgehead atoms. The van der Waals surface area contributed by atoms with Crippen LogP contribution in [0.3, 0.4) is 0 Å². The van der Waals surface area contributed by atoms with Gasteiger partial charge in [-0.15, -0.1) is 11.3 Å². The van der Waals surface area contributed by atoms with Crippen molar-refractivity contribution in [1.29, 1.82) is 0 Å². The lowest BCUT2D eigenvalue weighted by atomic mass is 10.1. The lowest BCUT2D eigenvalue weighted by Crippen LogP contribution is -2.30. The largest absolute Gasteiger partial charge is 0.350 e. The van der Waals surface area contributed by atoms with Gasteiger partial charge in [-0.2, -0.15) is 4.98 Å². The Hall–Kier alpha value is -2.54. The third-order valence-corrected chi connectivity index (χ3v) is 4.39. The molecule has 0 spiro atoms. The van der Waals surface area contributed by atoms with E-state index >= 15 is 0 Å². The van der Waals surface area contributed by atoms with Crippen molar-refractivity contribution in [1.82, 2.24) is 20.4 Å². The highest BCUT2D eigenvalue weighted by atomic mass is 32.1. The second-order valence-electron chi connectivity index (χ2n) is 5.78. The summed E-state index contributed by atoms with van der Waals surface area (Å²) in [5.41, 5.74) is 2.18. The fraction of sp³-hybridized carbons (Fsp3) is 0.294. The Morgan fingerprint density at radius 3 is 2.71 bits per heavy atom. The van der Waals surface area contributed by atoms with Gasteiger partial charge in [0.05, 0.1) is 10.7 Å². The molecule has 0 fully saturated rings. The van der Waals surface area contributed by atoms with Crippen molar-refractivity contribution in [3.8, 4) is 22.2 Å². The quantitative estimate of drug-likeness (QED) is 0.783. The van der Waals surface area contributed by atoms with Gasteiger partial charge in [0.15, 0.2) is 0 Å². The fourth-order valence-corrected chi connectivity index (χ4v) is 3.15. The van der Waals surface area contributed by atoms with Crippen LogP contribution in [0.5, 0.6) is 0 Å². The first kappa shape index (κ1) is 16.3. The number of aryl methyl sites for hydroxylation is 2. The van der Waals surface area contributed by atoms with Crippen LogP contribution in [0.1, 0.15) is 34.9 Å². The van der Waals surface area contributed by atoms with E-state index in [0.717, 1.165) is 21.1 Å². The van der Waals surface area contributed by atoms with Crippen LogP contribution in [0.2, 0.25) is 0 Å². The predicted octanol–water partition coefficient (Wildman–Crippen LogP) is 3.62. The summed E-state index contributed by atoms with van der Waals surface area (Å²) in [6, 6.07) is 7.26. The zero-order valence-electron chi connectivity index (χ0n) is 14.0. The molecule has 0 aliphatic carbocycles. The van der Waals surface area contributed by atoms with Gasteiger partial charge in [-0.3, -0.25) is 4.79 Å². The number of thiazole rings is 1. The Balaban J connectivity index is 1.90. The molecule has 0 saturated carbocycles. The summed E-state index contributed by atoms with van der Waals surface area (Å²) >= 11 is 1.52. The highest BCUT2D eigenvalue weighted by molar-refractivity contribution is 7.15. The van der Waals surface area contributed by atoms with Crippen LogP contribution in [0, 0.1) is 13.8 Å². The molecule has 0 saturated heterocycles. The first-order valence-electron chi connectivity index (χ1n) is 7.63. The Kier molecular flexibility index (Phi) is 4.44. The van der Waals surface area contributed by atoms with Gasteiger partial charge in [0.25, 0.3) is 11.8 Å². The lowest BCUT2D eigenvalue weighted by molar-refractivity contribution is 0.0943. The van der Waals surface area contributed by atoms with Crippen molar-refractivity contribution in [3.05, 3.63) is 40.5 Å². The van der Waals surface area contributed by atoms with Crippen LogP contribution in [0.25, 0.3) is 22.2 Å². The molecule has 7 heteroatoms. The predicted molar refractivity (Wildman–Crippen MR) is 92.9 cm³/mol. The minimum atomic E-state index is -0.121. The number of benzene rings is 1. The molecule has 0 unspecified atom stereocenters. The number of rotatable bonds is 4. The van der Waals surface area contributed by atoms with Crippen molar-refractivity contribution >= 4 is 17.2 Å². The van der Waals surface area contributed by atoms with E-state index in [1.165, 1.54) is 11.3 Å². The van der Waals surface area contributed by atoms with Gasteiger partial charge in [-0.25, -0.2) is 4.98 Å². The normalized spacial score (nSPS) is 11.0. The number of carbonyl (C=O) groups excluding carboxylic acids is 1. The monoisotopic (exact) mass is 342 g/mol. The minimum absolute atomic E-state index is 0.0791. The van der Waals surface area contributed by atoms with Gasteiger partial charge >= 0.3 is 0 Å². The van der Waals surface area contributed by atoms with Crippen molar-refractivity contribution in [2.75, 3.05) is 0 Å². The summed E-state index contributed by atoms with van der Waals surface area (Å²) in [5.74, 6) is 0.782. The van der Waals surface area contributed by atoms with Crippen molar-refractivity contribution < 1.29 is 9.32 Å². The third-order valence-electron chi connectivity index (χ3n) is 3.33. The summed E-state index contributed by atoms with van der Waals surface area (Å²) < 4.78 is 5.37. The molecule has 2 heterocycles. The van der Waals surface area contributed by atoms with Gasteiger partial charge in [0, 0.05) is 17.2 Å². The van der Waals surface area contributed by atoms with E-state index in [2.05, 4.69) is 20.4 Å². The molecule has 1 amide bonds. The maximum Gasteiger partial charge on any atom is 0.270 e. The maximum absolute atomic E-state index is 12.1. The molecule has 0 radical (unpaired) electrons. The van der Waals surface area contributed by atoms with E-state index in [-0.39, 0.29) is 11.9 Å². The molecule has 1 aromatic carbocycles. The van der Waals surface area contributed by atoms with Crippen LogP contribution in [-0.4, -0.2) is 27.1 Å². The maximum atomic E-state index is 12.1. The molecule has 24 heavy (non-hydrogen) atoms. The van der Waals surface area contributed by atoms with Gasteiger partial charge in [0.2, 0.25) is 5.82 Å². The standard InChI is InChI=1S/C17H18N4O2S/c1-9(2)18-16(22)13-7-5-6-12(8-13)15-20-17(23-21-15)14-10(3)19-11(4)24-14/h5-9H,1-4H3,(H,18,22). The SMILES string of the molecule is Cc1nc(C)c(-c2nc(-c3cccc(C(=O)NC(C)C)c3)no2)s1. The fourth-order valence-electron chi connectivity index (χ4n) is 2.31. The molecule has 1 N–H and O–H groups in total. The van der Waals surface area contributed by atoms with Gasteiger partial charge in [-0.05, 0) is 39.8 Å². The molecule has 6 nitrogen and oxygen atoms in total. The number of nitrogens with zero attached hydrogens (tertiary/aromatic N) is 3. The Morgan fingerprint density at radius 2 is 2.04 bits per heavy atom. The minimum Gasteiger partial charge on any atom is -0.350 e. The zero-order chi connectivity index (χ0) is 17.3. The highest BCUT2D eigenvalue weighted by Crippen LogP contribution is 2.30. The zero-order valence-corrected chi connectivity index (χ0v) is 14.8. The average Bonchev–Trinajstić information content (AvgIpc) is 3.13. The number of hydrogen-bond donors (Lipinski definition) is 1. The average molecular weight is 342 g/mol. The molecule has 0 aliphatic rings. The van der Waals surface area contributed by atoms with E-state index in [1.54, 1.807) is 12.1 Å². The summed E-state index contributed by atoms with van der Waals surface area (Å²) in [6.45, 7) is 7.70. The van der Waals surface area contributed by atoms with Crippen LogP contribution < -0.4 is 5.32 Å². The number of nitrogens with one attached hydrogen (secondary N) is 1. The van der Waals surface area contributed by atoms with E-state index in [9.17, 15) is 4.79 Å². The van der Waals surface area contributed by atoms with E-state index in [1.807, 2.05) is 39.8 Å². The summed E-state index contributed by atoms with van der Waals surface area (Å²) in [4.78, 5) is 21.8. The molecule has 124 valence electrons. The van der Waals surface area contributed by atoms with Gasteiger partial charge < -0.3 is 9.84 Å².